The van der Waals surface area contributed by atoms with E-state index in [-0.39, 0.29) is 0 Å². The highest BCUT2D eigenvalue weighted by Crippen LogP contribution is 2.18. The Labute approximate surface area is 97.3 Å². The average Bonchev–Trinajstić information content (AvgIpc) is 2.39. The molecule has 0 fully saturated rings. The van der Waals surface area contributed by atoms with Gasteiger partial charge in [-0.3, -0.25) is 9.97 Å². The lowest BCUT2D eigenvalue weighted by Gasteiger charge is -2.04. The topological polar surface area (TPSA) is 74.2 Å². The van der Waals surface area contributed by atoms with E-state index in [4.69, 9.17) is 4.74 Å². The molecule has 86 valence electrons. The maximum absolute atomic E-state index is 11.3. The highest BCUT2D eigenvalue weighted by molar-refractivity contribution is 5.89. The van der Waals surface area contributed by atoms with E-state index in [1.54, 1.807) is 0 Å². The largest absolute Gasteiger partial charge is 0.465 e. The van der Waals surface area contributed by atoms with Crippen molar-refractivity contribution in [1.29, 1.82) is 0 Å². The van der Waals surface area contributed by atoms with Gasteiger partial charge in [0.15, 0.2) is 0 Å². The van der Waals surface area contributed by atoms with Crippen LogP contribution in [0.25, 0.3) is 0 Å². The van der Waals surface area contributed by atoms with Gasteiger partial charge in [-0.1, -0.05) is 0 Å². The zero-order chi connectivity index (χ0) is 12.1. The lowest BCUT2D eigenvalue weighted by atomic mass is 10.3. The van der Waals surface area contributed by atoms with Crippen molar-refractivity contribution < 1.29 is 14.3 Å². The van der Waals surface area contributed by atoms with E-state index in [1.807, 2.05) is 0 Å². The van der Waals surface area contributed by atoms with Crippen LogP contribution in [0.1, 0.15) is 10.4 Å². The van der Waals surface area contributed by atoms with Gasteiger partial charge in [0.2, 0.25) is 5.88 Å². The summed E-state index contributed by atoms with van der Waals surface area (Å²) in [5.74, 6) is 0.256. The van der Waals surface area contributed by atoms with Crippen LogP contribution in [0.4, 0.5) is 0 Å². The SMILES string of the molecule is COC(=O)c1cncc(Oc2cnccn2)c1. The van der Waals surface area contributed by atoms with Crippen LogP contribution in [0.2, 0.25) is 0 Å². The van der Waals surface area contributed by atoms with Crippen LogP contribution in [-0.2, 0) is 4.74 Å². The van der Waals surface area contributed by atoms with Gasteiger partial charge in [0.25, 0.3) is 0 Å². The molecule has 0 spiro atoms. The van der Waals surface area contributed by atoms with Crippen molar-refractivity contribution in [1.82, 2.24) is 15.0 Å². The number of hydrogen-bond acceptors (Lipinski definition) is 6. The summed E-state index contributed by atoms with van der Waals surface area (Å²) in [6, 6.07) is 1.52. The number of pyridine rings is 1. The fraction of sp³-hybridized carbons (Fsp3) is 0.0909. The minimum atomic E-state index is -0.470. The normalized spacial score (nSPS) is 9.71. The third-order valence-electron chi connectivity index (χ3n) is 1.90. The first kappa shape index (κ1) is 11.0. The monoisotopic (exact) mass is 231 g/mol. The minimum absolute atomic E-state index is 0.314. The molecule has 0 amide bonds. The number of carbonyl (C=O) groups excluding carboxylic acids is 1. The van der Waals surface area contributed by atoms with Gasteiger partial charge in [-0.15, -0.1) is 0 Å². The molecule has 0 saturated carbocycles. The summed E-state index contributed by atoms with van der Waals surface area (Å²) >= 11 is 0. The molecule has 2 heterocycles. The zero-order valence-corrected chi connectivity index (χ0v) is 9.03. The van der Waals surface area contributed by atoms with Crippen molar-refractivity contribution in [3.8, 4) is 11.6 Å². The first-order chi connectivity index (χ1) is 8.29. The third-order valence-corrected chi connectivity index (χ3v) is 1.90. The van der Waals surface area contributed by atoms with Gasteiger partial charge in [0.1, 0.15) is 5.75 Å². The predicted octanol–water partition coefficient (Wildman–Crippen LogP) is 1.45. The molecular formula is C11H9N3O3. The van der Waals surface area contributed by atoms with Crippen molar-refractivity contribution >= 4 is 5.97 Å². The van der Waals surface area contributed by atoms with Crippen LogP contribution < -0.4 is 4.74 Å². The van der Waals surface area contributed by atoms with E-state index >= 15 is 0 Å². The van der Waals surface area contributed by atoms with Crippen LogP contribution in [0, 0.1) is 0 Å². The van der Waals surface area contributed by atoms with E-state index in [1.165, 1.54) is 44.2 Å². The fourth-order valence-corrected chi connectivity index (χ4v) is 1.16. The predicted molar refractivity (Wildman–Crippen MR) is 57.7 cm³/mol. The Balaban J connectivity index is 2.20. The van der Waals surface area contributed by atoms with E-state index in [9.17, 15) is 4.79 Å². The quantitative estimate of drug-likeness (QED) is 0.744. The first-order valence-electron chi connectivity index (χ1n) is 4.77. The molecule has 2 aromatic heterocycles. The summed E-state index contributed by atoms with van der Waals surface area (Å²) in [5, 5.41) is 0. The van der Waals surface area contributed by atoms with Gasteiger partial charge in [-0.05, 0) is 6.07 Å². The van der Waals surface area contributed by atoms with Crippen molar-refractivity contribution in [3.05, 3.63) is 42.6 Å². The zero-order valence-electron chi connectivity index (χ0n) is 9.03. The Morgan fingerprint density at radius 3 is 2.76 bits per heavy atom. The maximum Gasteiger partial charge on any atom is 0.339 e. The van der Waals surface area contributed by atoms with Crippen LogP contribution in [0.15, 0.2) is 37.1 Å². The molecule has 0 aromatic carbocycles. The number of hydrogen-bond donors (Lipinski definition) is 0. The summed E-state index contributed by atoms with van der Waals surface area (Å²) < 4.78 is 9.95. The van der Waals surface area contributed by atoms with Gasteiger partial charge < -0.3 is 9.47 Å². The Bertz CT molecular complexity index is 516. The van der Waals surface area contributed by atoms with Crippen molar-refractivity contribution in [2.45, 2.75) is 0 Å². The van der Waals surface area contributed by atoms with Crippen molar-refractivity contribution in [3.63, 3.8) is 0 Å². The summed E-state index contributed by atoms with van der Waals surface area (Å²) in [4.78, 5) is 22.9. The number of rotatable bonds is 3. The number of methoxy groups -OCH3 is 1. The average molecular weight is 231 g/mol. The number of esters is 1. The fourth-order valence-electron chi connectivity index (χ4n) is 1.16. The molecule has 0 bridgehead atoms. The molecule has 0 atom stereocenters. The molecule has 2 rings (SSSR count). The first-order valence-corrected chi connectivity index (χ1v) is 4.77. The lowest BCUT2D eigenvalue weighted by molar-refractivity contribution is 0.0600. The Kier molecular flexibility index (Phi) is 3.25. The maximum atomic E-state index is 11.3. The van der Waals surface area contributed by atoms with E-state index in [0.717, 1.165) is 0 Å². The van der Waals surface area contributed by atoms with Crippen LogP contribution in [-0.4, -0.2) is 28.0 Å². The molecule has 0 N–H and O–H groups in total. The van der Waals surface area contributed by atoms with Gasteiger partial charge >= 0.3 is 5.97 Å². The van der Waals surface area contributed by atoms with E-state index < -0.39 is 5.97 Å². The molecule has 0 radical (unpaired) electrons. The van der Waals surface area contributed by atoms with Crippen LogP contribution in [0.3, 0.4) is 0 Å². The molecule has 0 aliphatic carbocycles. The molecule has 2 aromatic rings. The Hall–Kier alpha value is -2.50. The minimum Gasteiger partial charge on any atom is -0.465 e. The smallest absolute Gasteiger partial charge is 0.339 e. The molecule has 0 aliphatic heterocycles. The number of aromatic nitrogens is 3. The highest BCUT2D eigenvalue weighted by atomic mass is 16.5. The molecule has 0 aliphatic rings. The van der Waals surface area contributed by atoms with Crippen molar-refractivity contribution in [2.75, 3.05) is 7.11 Å². The number of nitrogens with zero attached hydrogens (tertiary/aromatic N) is 3. The summed E-state index contributed by atoms with van der Waals surface area (Å²) in [5.41, 5.74) is 0.314. The number of carbonyl (C=O) groups is 1. The van der Waals surface area contributed by atoms with Gasteiger partial charge in [0.05, 0.1) is 25.1 Å². The number of ether oxygens (including phenoxy) is 2. The van der Waals surface area contributed by atoms with Gasteiger partial charge in [-0.25, -0.2) is 9.78 Å². The summed E-state index contributed by atoms with van der Waals surface area (Å²) in [6.45, 7) is 0. The standard InChI is InChI=1S/C11H9N3O3/c1-16-11(15)8-4-9(6-13-5-8)17-10-7-12-2-3-14-10/h2-7H,1H3. The highest BCUT2D eigenvalue weighted by Gasteiger charge is 2.07. The molecule has 6 heteroatoms. The second-order valence-corrected chi connectivity index (χ2v) is 3.05. The van der Waals surface area contributed by atoms with Crippen LogP contribution in [0.5, 0.6) is 11.6 Å². The van der Waals surface area contributed by atoms with E-state index in [2.05, 4.69) is 19.7 Å². The van der Waals surface area contributed by atoms with Crippen LogP contribution >= 0.6 is 0 Å². The molecule has 17 heavy (non-hydrogen) atoms. The summed E-state index contributed by atoms with van der Waals surface area (Å²) in [6.07, 6.45) is 7.38. The Morgan fingerprint density at radius 2 is 2.06 bits per heavy atom. The third kappa shape index (κ3) is 2.75. The van der Waals surface area contributed by atoms with Crippen molar-refractivity contribution in [2.24, 2.45) is 0 Å². The van der Waals surface area contributed by atoms with Gasteiger partial charge in [-0.2, -0.15) is 0 Å². The molecular weight excluding hydrogens is 222 g/mol. The summed E-state index contributed by atoms with van der Waals surface area (Å²) in [7, 11) is 1.30. The lowest BCUT2D eigenvalue weighted by Crippen LogP contribution is -2.02. The molecule has 0 saturated heterocycles. The molecule has 0 unspecified atom stereocenters. The van der Waals surface area contributed by atoms with Gasteiger partial charge in [0, 0.05) is 18.6 Å². The van der Waals surface area contributed by atoms with E-state index in [0.29, 0.717) is 17.2 Å². The Morgan fingerprint density at radius 1 is 1.18 bits per heavy atom. The second kappa shape index (κ2) is 5.02. The molecule has 6 nitrogen and oxygen atoms in total. The second-order valence-electron chi connectivity index (χ2n) is 3.05.